The quantitative estimate of drug-likeness (QED) is 0.180. The van der Waals surface area contributed by atoms with Gasteiger partial charge in [0.1, 0.15) is 17.4 Å². The van der Waals surface area contributed by atoms with Crippen LogP contribution >= 0.6 is 0 Å². The summed E-state index contributed by atoms with van der Waals surface area (Å²) in [5.41, 5.74) is 7.15. The van der Waals surface area contributed by atoms with Crippen LogP contribution in [-0.4, -0.2) is 23.9 Å². The molecule has 38 heavy (non-hydrogen) atoms. The second-order valence-corrected chi connectivity index (χ2v) is 8.79. The van der Waals surface area contributed by atoms with Crippen LogP contribution in [0.1, 0.15) is 32.9 Å². The first-order chi connectivity index (χ1) is 18.5. The van der Waals surface area contributed by atoms with Crippen LogP contribution in [0.2, 0.25) is 0 Å². The van der Waals surface area contributed by atoms with Gasteiger partial charge >= 0.3 is 5.97 Å². The average Bonchev–Trinajstić information content (AvgIpc) is 3.48. The zero-order valence-corrected chi connectivity index (χ0v) is 21.3. The van der Waals surface area contributed by atoms with Crippen molar-refractivity contribution in [1.82, 2.24) is 4.57 Å². The molecule has 0 aliphatic heterocycles. The number of aryl methyl sites for hydroxylation is 1. The molecule has 186 valence electrons. The van der Waals surface area contributed by atoms with Crippen LogP contribution in [0.3, 0.4) is 0 Å². The highest BCUT2D eigenvalue weighted by Crippen LogP contribution is 2.42. The van der Waals surface area contributed by atoms with E-state index in [1.807, 2.05) is 92.7 Å². The summed E-state index contributed by atoms with van der Waals surface area (Å²) in [4.78, 5) is 16.4. The first kappa shape index (κ1) is 24.5. The van der Waals surface area contributed by atoms with Crippen LogP contribution in [0, 0.1) is 25.2 Å². The Bertz CT molecular complexity index is 1670. The van der Waals surface area contributed by atoms with Crippen LogP contribution in [0.25, 0.3) is 28.1 Å². The number of nitrogens with zero attached hydrogens (tertiary/aromatic N) is 3. The maximum absolute atomic E-state index is 11.8. The number of nitriles is 1. The summed E-state index contributed by atoms with van der Waals surface area (Å²) in [6, 6.07) is 31.1. The summed E-state index contributed by atoms with van der Waals surface area (Å²) < 4.78 is 13.1. The van der Waals surface area contributed by atoms with Gasteiger partial charge in [0.2, 0.25) is 5.88 Å². The van der Waals surface area contributed by atoms with Crippen LogP contribution in [-0.2, 0) is 4.74 Å². The molecule has 0 aliphatic rings. The predicted octanol–water partition coefficient (Wildman–Crippen LogP) is 7.43. The standard InChI is InChI=1S/C32H25N3O3/c1-21-18-26(22(2)35(21)27-16-14-25(15-17-27)32(36)37-3)20-34-31-28(19-33)29(23-10-6-4-7-11-23)30(38-31)24-12-8-5-9-13-24/h4-18,20H,1-3H3. The van der Waals surface area contributed by atoms with Crippen LogP contribution < -0.4 is 0 Å². The summed E-state index contributed by atoms with van der Waals surface area (Å²) in [6.07, 6.45) is 1.73. The zero-order chi connectivity index (χ0) is 26.6. The third kappa shape index (κ3) is 4.54. The van der Waals surface area contributed by atoms with E-state index >= 15 is 0 Å². The lowest BCUT2D eigenvalue weighted by Crippen LogP contribution is -2.03. The van der Waals surface area contributed by atoms with Gasteiger partial charge in [0.15, 0.2) is 0 Å². The molecule has 6 nitrogen and oxygen atoms in total. The summed E-state index contributed by atoms with van der Waals surface area (Å²) in [5.74, 6) is 0.496. The van der Waals surface area contributed by atoms with Crippen molar-refractivity contribution >= 4 is 18.1 Å². The molecular formula is C32H25N3O3. The molecule has 5 aromatic rings. The summed E-state index contributed by atoms with van der Waals surface area (Å²) in [5, 5.41) is 10.1. The molecule has 5 rings (SSSR count). The number of hydrogen-bond acceptors (Lipinski definition) is 5. The van der Waals surface area contributed by atoms with Gasteiger partial charge in [-0.1, -0.05) is 60.7 Å². The average molecular weight is 500 g/mol. The molecule has 0 fully saturated rings. The zero-order valence-electron chi connectivity index (χ0n) is 21.3. The van der Waals surface area contributed by atoms with Gasteiger partial charge in [0.05, 0.1) is 12.7 Å². The van der Waals surface area contributed by atoms with E-state index in [-0.39, 0.29) is 11.9 Å². The lowest BCUT2D eigenvalue weighted by molar-refractivity contribution is 0.0600. The molecule has 0 atom stereocenters. The molecule has 0 radical (unpaired) electrons. The molecule has 6 heteroatoms. The Morgan fingerprint density at radius 2 is 1.58 bits per heavy atom. The molecule has 0 aliphatic carbocycles. The fourth-order valence-electron chi connectivity index (χ4n) is 4.60. The number of aromatic nitrogens is 1. The number of ether oxygens (including phenoxy) is 1. The molecule has 0 amide bonds. The second kappa shape index (κ2) is 10.5. The Balaban J connectivity index is 1.56. The monoisotopic (exact) mass is 499 g/mol. The van der Waals surface area contributed by atoms with E-state index in [2.05, 4.69) is 15.6 Å². The Kier molecular flexibility index (Phi) is 6.75. The molecule has 2 aromatic heterocycles. The third-order valence-electron chi connectivity index (χ3n) is 6.44. The predicted molar refractivity (Wildman–Crippen MR) is 148 cm³/mol. The first-order valence-electron chi connectivity index (χ1n) is 12.1. The Morgan fingerprint density at radius 1 is 0.947 bits per heavy atom. The van der Waals surface area contributed by atoms with E-state index < -0.39 is 0 Å². The maximum atomic E-state index is 11.8. The molecule has 0 N–H and O–H groups in total. The van der Waals surface area contributed by atoms with E-state index in [1.165, 1.54) is 7.11 Å². The number of rotatable bonds is 6. The van der Waals surface area contributed by atoms with Gasteiger partial charge in [-0.3, -0.25) is 0 Å². The first-order valence-corrected chi connectivity index (χ1v) is 12.1. The van der Waals surface area contributed by atoms with Crippen molar-refractivity contribution in [1.29, 1.82) is 5.26 Å². The van der Waals surface area contributed by atoms with Crippen LogP contribution in [0.4, 0.5) is 5.88 Å². The minimum atomic E-state index is -0.373. The Morgan fingerprint density at radius 3 is 2.18 bits per heavy atom. The van der Waals surface area contributed by atoms with E-state index in [0.717, 1.165) is 39.3 Å². The van der Waals surface area contributed by atoms with Crippen molar-refractivity contribution in [3.05, 3.63) is 119 Å². The van der Waals surface area contributed by atoms with Crippen molar-refractivity contribution in [2.75, 3.05) is 7.11 Å². The lowest BCUT2D eigenvalue weighted by atomic mass is 9.98. The SMILES string of the molecule is COC(=O)c1ccc(-n2c(C)cc(C=Nc3oc(-c4ccccc4)c(-c4ccccc4)c3C#N)c2C)cc1. The molecular weight excluding hydrogens is 474 g/mol. The number of furan rings is 1. The van der Waals surface area contributed by atoms with Gasteiger partial charge in [-0.25, -0.2) is 9.79 Å². The van der Waals surface area contributed by atoms with Gasteiger partial charge in [-0.2, -0.15) is 5.26 Å². The highest BCUT2D eigenvalue weighted by atomic mass is 16.5. The number of methoxy groups -OCH3 is 1. The largest absolute Gasteiger partial charge is 0.465 e. The van der Waals surface area contributed by atoms with Crippen LogP contribution in [0.15, 0.2) is 100 Å². The number of hydrogen-bond donors (Lipinski definition) is 0. The van der Waals surface area contributed by atoms with Crippen molar-refractivity contribution in [2.45, 2.75) is 13.8 Å². The summed E-state index contributed by atoms with van der Waals surface area (Å²) in [6.45, 7) is 4.01. The third-order valence-corrected chi connectivity index (χ3v) is 6.44. The van der Waals surface area contributed by atoms with Gasteiger partial charge in [-0.05, 0) is 49.7 Å². The van der Waals surface area contributed by atoms with E-state index in [0.29, 0.717) is 16.9 Å². The number of benzene rings is 3. The number of carbonyl (C=O) groups excluding carboxylic acids is 1. The number of esters is 1. The van der Waals surface area contributed by atoms with Crippen molar-refractivity contribution < 1.29 is 13.9 Å². The maximum Gasteiger partial charge on any atom is 0.337 e. The lowest BCUT2D eigenvalue weighted by Gasteiger charge is -2.10. The minimum Gasteiger partial charge on any atom is -0.465 e. The Hall–Kier alpha value is -5.15. The van der Waals surface area contributed by atoms with Crippen molar-refractivity contribution in [3.8, 4) is 34.2 Å². The van der Waals surface area contributed by atoms with Crippen molar-refractivity contribution in [2.24, 2.45) is 4.99 Å². The fourth-order valence-corrected chi connectivity index (χ4v) is 4.60. The van der Waals surface area contributed by atoms with Gasteiger partial charge in [0, 0.05) is 40.0 Å². The minimum absolute atomic E-state index is 0.262. The van der Waals surface area contributed by atoms with E-state index in [4.69, 9.17) is 9.15 Å². The van der Waals surface area contributed by atoms with E-state index in [1.54, 1.807) is 18.3 Å². The molecule has 0 bridgehead atoms. The van der Waals surface area contributed by atoms with Crippen LogP contribution in [0.5, 0.6) is 0 Å². The second-order valence-electron chi connectivity index (χ2n) is 8.79. The van der Waals surface area contributed by atoms with Crippen molar-refractivity contribution in [3.63, 3.8) is 0 Å². The van der Waals surface area contributed by atoms with Gasteiger partial charge in [-0.15, -0.1) is 0 Å². The molecule has 0 saturated carbocycles. The highest BCUT2D eigenvalue weighted by molar-refractivity contribution is 5.91. The summed E-state index contributed by atoms with van der Waals surface area (Å²) >= 11 is 0. The summed E-state index contributed by atoms with van der Waals surface area (Å²) in [7, 11) is 1.37. The van der Waals surface area contributed by atoms with Gasteiger partial charge < -0.3 is 13.7 Å². The smallest absolute Gasteiger partial charge is 0.337 e. The fraction of sp³-hybridized carbons (Fsp3) is 0.0938. The number of carbonyl (C=O) groups is 1. The molecule has 0 saturated heterocycles. The molecule has 2 heterocycles. The van der Waals surface area contributed by atoms with E-state index in [9.17, 15) is 10.1 Å². The highest BCUT2D eigenvalue weighted by Gasteiger charge is 2.22. The molecule has 0 spiro atoms. The number of aliphatic imine (C=N–C) groups is 1. The Labute approximate surface area is 221 Å². The molecule has 3 aromatic carbocycles. The topological polar surface area (TPSA) is 80.5 Å². The van der Waals surface area contributed by atoms with Gasteiger partial charge in [0.25, 0.3) is 0 Å². The molecule has 0 unspecified atom stereocenters. The normalized spacial score (nSPS) is 11.0.